The van der Waals surface area contributed by atoms with Gasteiger partial charge in [-0.05, 0) is 78.4 Å². The number of nitrogens with zero attached hydrogens (tertiary/aromatic N) is 5. The van der Waals surface area contributed by atoms with Crippen LogP contribution < -0.4 is 14.8 Å². The van der Waals surface area contributed by atoms with Crippen LogP contribution in [0.2, 0.25) is 0 Å². The lowest BCUT2D eigenvalue weighted by molar-refractivity contribution is 0.00767. The highest BCUT2D eigenvalue weighted by Gasteiger charge is 2.36. The molecule has 1 saturated heterocycles. The Hall–Kier alpha value is -3.85. The highest BCUT2D eigenvalue weighted by Crippen LogP contribution is 2.32. The van der Waals surface area contributed by atoms with Crippen molar-refractivity contribution in [2.45, 2.75) is 89.2 Å². The summed E-state index contributed by atoms with van der Waals surface area (Å²) in [4.78, 5) is 46.6. The lowest BCUT2D eigenvalue weighted by atomic mass is 9.94. The minimum Gasteiger partial charge on any atom is -0.477 e. The number of carbonyl (C=O) groups excluding carboxylic acids is 2. The van der Waals surface area contributed by atoms with Crippen molar-refractivity contribution in [1.29, 1.82) is 0 Å². The molecule has 0 spiro atoms. The fourth-order valence-corrected chi connectivity index (χ4v) is 7.21. The van der Waals surface area contributed by atoms with Crippen LogP contribution in [0.3, 0.4) is 0 Å². The van der Waals surface area contributed by atoms with E-state index in [2.05, 4.69) is 30.0 Å². The molecule has 4 heterocycles. The lowest BCUT2D eigenvalue weighted by Crippen LogP contribution is -2.47. The van der Waals surface area contributed by atoms with Crippen molar-refractivity contribution in [2.75, 3.05) is 17.9 Å². The average molecular weight is 658 g/mol. The third-order valence-corrected chi connectivity index (χ3v) is 10.2. The van der Waals surface area contributed by atoms with Gasteiger partial charge in [0.2, 0.25) is 15.9 Å². The largest absolute Gasteiger partial charge is 0.477 e. The fraction of sp³-hybridized carbons (Fsp3) is 0.533. The zero-order valence-electron chi connectivity index (χ0n) is 25.9. The maximum Gasteiger partial charge on any atom is 0.410 e. The van der Waals surface area contributed by atoms with E-state index in [4.69, 9.17) is 9.47 Å². The number of amides is 2. The molecule has 1 aliphatic heterocycles. The Morgan fingerprint density at radius 2 is 1.93 bits per heavy atom. The zero-order chi connectivity index (χ0) is 32.2. The molecule has 3 aromatic heterocycles. The molecule has 3 aromatic rings. The van der Waals surface area contributed by atoms with Crippen LogP contribution in [-0.4, -0.2) is 75.3 Å². The van der Waals surface area contributed by atoms with E-state index in [0.29, 0.717) is 60.2 Å². The molecule has 13 nitrogen and oxygen atoms in total. The number of sulfonamides is 1. The third kappa shape index (κ3) is 8.66. The summed E-state index contributed by atoms with van der Waals surface area (Å²) >= 11 is 1.16. The first-order valence-electron chi connectivity index (χ1n) is 15.1. The normalized spacial score (nSPS) is 17.8. The predicted octanol–water partition coefficient (Wildman–Crippen LogP) is 4.95. The first-order valence-corrected chi connectivity index (χ1v) is 17.5. The number of aromatic nitrogens is 4. The smallest absolute Gasteiger partial charge is 0.410 e. The van der Waals surface area contributed by atoms with Crippen LogP contribution in [0, 0.1) is 0 Å². The Morgan fingerprint density at radius 1 is 1.13 bits per heavy atom. The van der Waals surface area contributed by atoms with Crippen molar-refractivity contribution in [3.8, 4) is 16.5 Å². The molecule has 2 atom stereocenters. The molecule has 0 bridgehead atoms. The van der Waals surface area contributed by atoms with Crippen LogP contribution in [-0.2, 0) is 14.8 Å². The zero-order valence-corrected chi connectivity index (χ0v) is 27.5. The van der Waals surface area contributed by atoms with Gasteiger partial charge in [-0.15, -0.1) is 11.3 Å². The van der Waals surface area contributed by atoms with Crippen molar-refractivity contribution in [1.82, 2.24) is 30.2 Å². The van der Waals surface area contributed by atoms with Gasteiger partial charge in [-0.1, -0.05) is 0 Å². The summed E-state index contributed by atoms with van der Waals surface area (Å²) in [6, 6.07) is 2.31. The van der Waals surface area contributed by atoms with Crippen LogP contribution in [0.15, 0.2) is 36.9 Å². The summed E-state index contributed by atoms with van der Waals surface area (Å²) in [5.74, 6) is -0.0599. The van der Waals surface area contributed by atoms with E-state index in [0.717, 1.165) is 30.6 Å². The van der Waals surface area contributed by atoms with Crippen LogP contribution >= 0.6 is 11.3 Å². The van der Waals surface area contributed by atoms with E-state index >= 15 is 0 Å². The van der Waals surface area contributed by atoms with Gasteiger partial charge in [0.05, 0.1) is 46.6 Å². The SMILES string of the molecule is CCOc1cncc(-c2cnc(C(=O)N[C@@H](C[C@H]3CCCCN3C(=O)OC(C)(C)C)c3cc(NS(=O)(=O)C4CC4)ccn3)s2)n1. The van der Waals surface area contributed by atoms with Crippen molar-refractivity contribution >= 4 is 39.0 Å². The number of carbonyl (C=O) groups is 2. The third-order valence-electron chi connectivity index (χ3n) is 7.29. The van der Waals surface area contributed by atoms with E-state index in [1.54, 1.807) is 29.4 Å². The molecule has 15 heteroatoms. The first kappa shape index (κ1) is 32.5. The predicted molar refractivity (Wildman–Crippen MR) is 170 cm³/mol. The van der Waals surface area contributed by atoms with Gasteiger partial charge < -0.3 is 19.7 Å². The minimum atomic E-state index is -3.51. The molecule has 242 valence electrons. The molecule has 2 N–H and O–H groups in total. The Bertz CT molecular complexity index is 1620. The van der Waals surface area contributed by atoms with Crippen molar-refractivity contribution < 1.29 is 27.5 Å². The standard InChI is InChI=1S/C30H39N7O6S2/c1-5-42-26-18-31-16-24(34-26)25-17-33-28(44-25)27(38)35-23(15-20-8-6-7-13-37(20)29(39)43-30(2,3)4)22-14-19(11-12-32-22)36-45(40,41)21-9-10-21/h11-12,14,16-18,20-21,23H,5-10,13,15H2,1-4H3,(H,32,36)(H,35,38)/t20-,23+/m1/s1. The molecule has 2 fully saturated rings. The molecule has 1 saturated carbocycles. The second kappa shape index (κ2) is 13.6. The number of anilines is 1. The maximum atomic E-state index is 13.6. The number of pyridine rings is 1. The molecule has 5 rings (SSSR count). The van der Waals surface area contributed by atoms with E-state index in [9.17, 15) is 18.0 Å². The monoisotopic (exact) mass is 657 g/mol. The summed E-state index contributed by atoms with van der Waals surface area (Å²) < 4.78 is 39.1. The number of hydrogen-bond acceptors (Lipinski definition) is 11. The van der Waals surface area contributed by atoms with E-state index in [1.165, 1.54) is 12.4 Å². The maximum absolute atomic E-state index is 13.6. The summed E-state index contributed by atoms with van der Waals surface area (Å²) in [6.07, 6.45) is 9.84. The number of hydrogen-bond donors (Lipinski definition) is 2. The van der Waals surface area contributed by atoms with Gasteiger partial charge in [0.15, 0.2) is 5.01 Å². The van der Waals surface area contributed by atoms with Gasteiger partial charge in [0.1, 0.15) is 11.3 Å². The Kier molecular flexibility index (Phi) is 9.87. The Labute approximate surface area is 267 Å². The van der Waals surface area contributed by atoms with Crippen molar-refractivity contribution in [3.05, 3.63) is 47.6 Å². The number of likely N-dealkylation sites (tertiary alicyclic amines) is 1. The molecule has 2 amide bonds. The van der Waals surface area contributed by atoms with Gasteiger partial charge in [-0.3, -0.25) is 19.5 Å². The summed E-state index contributed by atoms with van der Waals surface area (Å²) in [7, 11) is -3.51. The Morgan fingerprint density at radius 3 is 2.67 bits per heavy atom. The molecular formula is C30H39N7O6S2. The van der Waals surface area contributed by atoms with Crippen molar-refractivity contribution in [2.24, 2.45) is 0 Å². The molecule has 2 aliphatic rings. The number of nitrogens with one attached hydrogen (secondary N) is 2. The second-order valence-corrected chi connectivity index (χ2v) is 15.1. The molecule has 0 aromatic carbocycles. The number of piperidine rings is 1. The van der Waals surface area contributed by atoms with Gasteiger partial charge in [0, 0.05) is 25.0 Å². The number of ether oxygens (including phenoxy) is 2. The number of rotatable bonds is 11. The van der Waals surface area contributed by atoms with Crippen LogP contribution in [0.25, 0.3) is 10.6 Å². The molecule has 0 unspecified atom stereocenters. The van der Waals surface area contributed by atoms with Crippen LogP contribution in [0.5, 0.6) is 5.88 Å². The quantitative estimate of drug-likeness (QED) is 0.288. The lowest BCUT2D eigenvalue weighted by Gasteiger charge is -2.38. The highest BCUT2D eigenvalue weighted by atomic mass is 32.2. The topological polar surface area (TPSA) is 166 Å². The molecule has 1 aliphatic carbocycles. The molecular weight excluding hydrogens is 619 g/mol. The molecule has 45 heavy (non-hydrogen) atoms. The summed E-state index contributed by atoms with van der Waals surface area (Å²) in [5, 5.41) is 2.87. The van der Waals surface area contributed by atoms with E-state index in [1.807, 2.05) is 27.7 Å². The minimum absolute atomic E-state index is 0.205. The first-order chi connectivity index (χ1) is 21.4. The Balaban J connectivity index is 1.40. The number of thiazole rings is 1. The second-order valence-electron chi connectivity index (χ2n) is 12.1. The van der Waals surface area contributed by atoms with Crippen LogP contribution in [0.4, 0.5) is 10.5 Å². The van der Waals surface area contributed by atoms with Crippen molar-refractivity contribution in [3.63, 3.8) is 0 Å². The van der Waals surface area contributed by atoms with E-state index in [-0.39, 0.29) is 11.0 Å². The summed E-state index contributed by atoms with van der Waals surface area (Å²) in [6.45, 7) is 8.31. The van der Waals surface area contributed by atoms with Gasteiger partial charge in [-0.25, -0.2) is 23.2 Å². The van der Waals surface area contributed by atoms with Gasteiger partial charge in [-0.2, -0.15) is 0 Å². The van der Waals surface area contributed by atoms with E-state index < -0.39 is 38.9 Å². The average Bonchev–Trinajstić information content (AvgIpc) is 3.74. The highest BCUT2D eigenvalue weighted by molar-refractivity contribution is 7.93. The van der Waals surface area contributed by atoms with Gasteiger partial charge >= 0.3 is 6.09 Å². The van der Waals surface area contributed by atoms with Crippen LogP contribution in [0.1, 0.15) is 87.8 Å². The fourth-order valence-electron chi connectivity index (χ4n) is 5.06. The molecule has 0 radical (unpaired) electrons. The van der Waals surface area contributed by atoms with Gasteiger partial charge in [0.25, 0.3) is 5.91 Å². The summed E-state index contributed by atoms with van der Waals surface area (Å²) in [5.41, 5.74) is 0.696.